The van der Waals surface area contributed by atoms with Crippen LogP contribution < -0.4 is 4.90 Å². The number of anilines is 1. The summed E-state index contributed by atoms with van der Waals surface area (Å²) in [6.07, 6.45) is 0.442. The molecule has 0 spiro atoms. The standard InChI is InChI=1S/C16H25FN2O/c1-5-13-10-19(7-6-18(13)4)16-8-11(2)15(17)9-14(16)12(3)20/h8-9,12-13,20H,5-7,10H2,1-4H3/t12-,13?/m1/s1. The van der Waals surface area contributed by atoms with Gasteiger partial charge >= 0.3 is 0 Å². The van der Waals surface area contributed by atoms with Gasteiger partial charge in [0.1, 0.15) is 5.82 Å². The van der Waals surface area contributed by atoms with Gasteiger partial charge in [0.25, 0.3) is 0 Å². The van der Waals surface area contributed by atoms with E-state index in [2.05, 4.69) is 23.8 Å². The van der Waals surface area contributed by atoms with E-state index in [1.807, 2.05) is 6.07 Å². The summed E-state index contributed by atoms with van der Waals surface area (Å²) in [6.45, 7) is 8.50. The molecule has 4 heteroatoms. The van der Waals surface area contributed by atoms with Gasteiger partial charge in [0.15, 0.2) is 0 Å². The van der Waals surface area contributed by atoms with Gasteiger partial charge in [0, 0.05) is 36.9 Å². The molecule has 0 bridgehead atoms. The molecular formula is C16H25FN2O. The highest BCUT2D eigenvalue weighted by molar-refractivity contribution is 5.57. The molecule has 1 saturated heterocycles. The Bertz CT molecular complexity index is 476. The molecule has 3 nitrogen and oxygen atoms in total. The van der Waals surface area contributed by atoms with Gasteiger partial charge in [-0.05, 0) is 45.0 Å². The van der Waals surface area contributed by atoms with Crippen molar-refractivity contribution in [1.29, 1.82) is 0 Å². The number of piperazine rings is 1. The Kier molecular flexibility index (Phi) is 4.66. The largest absolute Gasteiger partial charge is 0.389 e. The molecule has 2 atom stereocenters. The lowest BCUT2D eigenvalue weighted by atomic mass is 10.0. The molecule has 1 N–H and O–H groups in total. The SMILES string of the molecule is CCC1CN(c2cc(C)c(F)cc2[C@@H](C)O)CCN1C. The number of benzene rings is 1. The van der Waals surface area contributed by atoms with Crippen molar-refractivity contribution in [2.45, 2.75) is 39.3 Å². The van der Waals surface area contributed by atoms with Gasteiger partial charge in [-0.1, -0.05) is 6.92 Å². The predicted octanol–water partition coefficient (Wildman–Crippen LogP) is 2.72. The summed E-state index contributed by atoms with van der Waals surface area (Å²) in [7, 11) is 2.15. The molecule has 0 saturated carbocycles. The number of nitrogens with zero attached hydrogens (tertiary/aromatic N) is 2. The average molecular weight is 280 g/mol. The molecule has 0 radical (unpaired) electrons. The molecule has 0 amide bonds. The van der Waals surface area contributed by atoms with E-state index >= 15 is 0 Å². The predicted molar refractivity (Wildman–Crippen MR) is 80.7 cm³/mol. The van der Waals surface area contributed by atoms with E-state index in [0.29, 0.717) is 17.2 Å². The lowest BCUT2D eigenvalue weighted by molar-refractivity contribution is 0.195. The molecular weight excluding hydrogens is 255 g/mol. The van der Waals surface area contributed by atoms with Crippen LogP contribution >= 0.6 is 0 Å². The van der Waals surface area contributed by atoms with Gasteiger partial charge in [-0.3, -0.25) is 4.90 Å². The van der Waals surface area contributed by atoms with Gasteiger partial charge in [0.2, 0.25) is 0 Å². The van der Waals surface area contributed by atoms with Crippen molar-refractivity contribution in [1.82, 2.24) is 4.90 Å². The summed E-state index contributed by atoms with van der Waals surface area (Å²) in [5.74, 6) is -0.245. The van der Waals surface area contributed by atoms with Crippen LogP contribution in [0.4, 0.5) is 10.1 Å². The van der Waals surface area contributed by atoms with Crippen LogP contribution in [0.2, 0.25) is 0 Å². The van der Waals surface area contributed by atoms with Crippen LogP contribution in [0.5, 0.6) is 0 Å². The maximum Gasteiger partial charge on any atom is 0.126 e. The van der Waals surface area contributed by atoms with Gasteiger partial charge in [-0.25, -0.2) is 4.39 Å². The Labute approximate surface area is 121 Å². The molecule has 0 aromatic heterocycles. The van der Waals surface area contributed by atoms with Crippen LogP contribution in [0.3, 0.4) is 0 Å². The Morgan fingerprint density at radius 3 is 2.70 bits per heavy atom. The van der Waals surface area contributed by atoms with Crippen molar-refractivity contribution in [2.75, 3.05) is 31.6 Å². The summed E-state index contributed by atoms with van der Waals surface area (Å²) in [4.78, 5) is 4.65. The summed E-state index contributed by atoms with van der Waals surface area (Å²) in [5.41, 5.74) is 2.30. The minimum Gasteiger partial charge on any atom is -0.389 e. The first kappa shape index (κ1) is 15.3. The Hall–Kier alpha value is -1.13. The van der Waals surface area contributed by atoms with E-state index < -0.39 is 6.10 Å². The fourth-order valence-electron chi connectivity index (χ4n) is 2.90. The number of rotatable bonds is 3. The Balaban J connectivity index is 2.34. The van der Waals surface area contributed by atoms with E-state index in [-0.39, 0.29) is 5.82 Å². The second kappa shape index (κ2) is 6.10. The van der Waals surface area contributed by atoms with Crippen LogP contribution in [0, 0.1) is 12.7 Å². The van der Waals surface area contributed by atoms with E-state index in [0.717, 1.165) is 31.7 Å². The Morgan fingerprint density at radius 1 is 1.40 bits per heavy atom. The summed E-state index contributed by atoms with van der Waals surface area (Å²) in [5, 5.41) is 9.92. The second-order valence-corrected chi connectivity index (χ2v) is 5.82. The van der Waals surface area contributed by atoms with E-state index in [1.54, 1.807) is 13.8 Å². The van der Waals surface area contributed by atoms with Gasteiger partial charge < -0.3 is 10.0 Å². The fourth-order valence-corrected chi connectivity index (χ4v) is 2.90. The second-order valence-electron chi connectivity index (χ2n) is 5.82. The third kappa shape index (κ3) is 2.96. The molecule has 1 aromatic carbocycles. The summed E-state index contributed by atoms with van der Waals surface area (Å²) in [6, 6.07) is 3.86. The topological polar surface area (TPSA) is 26.7 Å². The molecule has 1 unspecified atom stereocenters. The molecule has 1 aromatic rings. The van der Waals surface area contributed by atoms with E-state index in [4.69, 9.17) is 0 Å². The first-order chi connectivity index (χ1) is 9.43. The van der Waals surface area contributed by atoms with E-state index in [9.17, 15) is 9.50 Å². The lowest BCUT2D eigenvalue weighted by Crippen LogP contribution is -2.51. The molecule has 0 aliphatic carbocycles. The zero-order chi connectivity index (χ0) is 14.9. The third-order valence-electron chi connectivity index (χ3n) is 4.35. The lowest BCUT2D eigenvalue weighted by Gasteiger charge is -2.41. The Morgan fingerprint density at radius 2 is 2.10 bits per heavy atom. The minimum atomic E-state index is -0.653. The number of hydrogen-bond acceptors (Lipinski definition) is 3. The van der Waals surface area contributed by atoms with E-state index in [1.165, 1.54) is 6.07 Å². The zero-order valence-electron chi connectivity index (χ0n) is 12.9. The highest BCUT2D eigenvalue weighted by atomic mass is 19.1. The van der Waals surface area contributed by atoms with Crippen molar-refractivity contribution in [2.24, 2.45) is 0 Å². The van der Waals surface area contributed by atoms with Gasteiger partial charge in [0.05, 0.1) is 6.10 Å². The van der Waals surface area contributed by atoms with Crippen molar-refractivity contribution in [3.05, 3.63) is 29.1 Å². The summed E-state index contributed by atoms with van der Waals surface area (Å²) < 4.78 is 13.8. The van der Waals surface area contributed by atoms with Crippen molar-refractivity contribution in [3.63, 3.8) is 0 Å². The highest BCUT2D eigenvalue weighted by Crippen LogP contribution is 2.31. The molecule has 1 heterocycles. The monoisotopic (exact) mass is 280 g/mol. The molecule has 1 aliphatic heterocycles. The van der Waals surface area contributed by atoms with Crippen LogP contribution in [0.15, 0.2) is 12.1 Å². The number of halogens is 1. The normalized spacial score (nSPS) is 22.1. The maximum atomic E-state index is 13.8. The number of hydrogen-bond donors (Lipinski definition) is 1. The van der Waals surface area contributed by atoms with Crippen molar-refractivity contribution in [3.8, 4) is 0 Å². The van der Waals surface area contributed by atoms with Crippen LogP contribution in [0.25, 0.3) is 0 Å². The smallest absolute Gasteiger partial charge is 0.126 e. The third-order valence-corrected chi connectivity index (χ3v) is 4.35. The molecule has 2 rings (SSSR count). The van der Waals surface area contributed by atoms with Crippen LogP contribution in [-0.2, 0) is 0 Å². The average Bonchev–Trinajstić information content (AvgIpc) is 2.41. The van der Waals surface area contributed by atoms with Crippen LogP contribution in [-0.4, -0.2) is 42.7 Å². The molecule has 20 heavy (non-hydrogen) atoms. The molecule has 112 valence electrons. The fraction of sp³-hybridized carbons (Fsp3) is 0.625. The van der Waals surface area contributed by atoms with Crippen molar-refractivity contribution < 1.29 is 9.50 Å². The van der Waals surface area contributed by atoms with Gasteiger partial charge in [-0.15, -0.1) is 0 Å². The maximum absolute atomic E-state index is 13.8. The minimum absolute atomic E-state index is 0.245. The quantitative estimate of drug-likeness (QED) is 0.922. The molecule has 1 fully saturated rings. The first-order valence-electron chi connectivity index (χ1n) is 7.37. The van der Waals surface area contributed by atoms with Gasteiger partial charge in [-0.2, -0.15) is 0 Å². The first-order valence-corrected chi connectivity index (χ1v) is 7.37. The number of aliphatic hydroxyl groups is 1. The van der Waals surface area contributed by atoms with Crippen molar-refractivity contribution >= 4 is 5.69 Å². The van der Waals surface area contributed by atoms with Crippen LogP contribution in [0.1, 0.15) is 37.5 Å². The number of aliphatic hydroxyl groups excluding tert-OH is 1. The molecule has 1 aliphatic rings. The number of aryl methyl sites for hydroxylation is 1. The summed E-state index contributed by atoms with van der Waals surface area (Å²) >= 11 is 0. The highest BCUT2D eigenvalue weighted by Gasteiger charge is 2.25. The zero-order valence-corrected chi connectivity index (χ0v) is 12.9. The number of likely N-dealkylation sites (N-methyl/N-ethyl adjacent to an activating group) is 1.